The molecule has 5 rings (SSSR count). The van der Waals surface area contributed by atoms with E-state index < -0.39 is 0 Å². The highest BCUT2D eigenvalue weighted by Gasteiger charge is 2.31. The number of anilines is 1. The highest BCUT2D eigenvalue weighted by atomic mass is 16.5. The van der Waals surface area contributed by atoms with Gasteiger partial charge in [0.25, 0.3) is 0 Å². The zero-order chi connectivity index (χ0) is 22.6. The number of carbonyl (C=O) groups excluding carboxylic acids is 1. The van der Waals surface area contributed by atoms with Crippen LogP contribution >= 0.6 is 0 Å². The van der Waals surface area contributed by atoms with Gasteiger partial charge < -0.3 is 14.3 Å². The van der Waals surface area contributed by atoms with Crippen molar-refractivity contribution in [1.82, 2.24) is 19.9 Å². The lowest BCUT2D eigenvalue weighted by Crippen LogP contribution is -2.52. The molecule has 0 radical (unpaired) electrons. The molecule has 172 valence electrons. The largest absolute Gasteiger partial charge is 0.368 e. The summed E-state index contributed by atoms with van der Waals surface area (Å²) in [6, 6.07) is 18.6. The summed E-state index contributed by atoms with van der Waals surface area (Å²) >= 11 is 0. The third kappa shape index (κ3) is 5.09. The van der Waals surface area contributed by atoms with E-state index in [1.54, 1.807) is 0 Å². The van der Waals surface area contributed by atoms with E-state index in [1.807, 2.05) is 30.3 Å². The summed E-state index contributed by atoms with van der Waals surface area (Å²) < 4.78 is 5.51. The summed E-state index contributed by atoms with van der Waals surface area (Å²) in [6.07, 6.45) is 1.96. The second-order valence-electron chi connectivity index (χ2n) is 9.10. The van der Waals surface area contributed by atoms with Crippen LogP contribution < -0.4 is 4.90 Å². The molecule has 0 N–H and O–H groups in total. The van der Waals surface area contributed by atoms with Gasteiger partial charge in [0, 0.05) is 44.0 Å². The van der Waals surface area contributed by atoms with Crippen LogP contribution in [0, 0.1) is 12.8 Å². The molecule has 0 bridgehead atoms. The molecule has 2 aromatic carbocycles. The Morgan fingerprint density at radius 1 is 1.00 bits per heavy atom. The molecule has 1 aromatic heterocycles. The standard InChI is InChI=1S/C26H31N5O2/c1-20-9-11-21(12-10-20)25-27-24(33-28-25)19-29-13-5-6-22(18-29)26(32)31-16-14-30(15-17-31)23-7-3-2-4-8-23/h2-4,7-12,22H,5-6,13-19H2,1H3. The Hall–Kier alpha value is -3.19. The van der Waals surface area contributed by atoms with Crippen molar-refractivity contribution in [3.63, 3.8) is 0 Å². The van der Waals surface area contributed by atoms with Gasteiger partial charge in [-0.15, -0.1) is 0 Å². The van der Waals surface area contributed by atoms with Crippen molar-refractivity contribution in [3.8, 4) is 11.4 Å². The maximum absolute atomic E-state index is 13.2. The van der Waals surface area contributed by atoms with Crippen LogP contribution in [0.2, 0.25) is 0 Å². The number of piperazine rings is 1. The Morgan fingerprint density at radius 2 is 1.76 bits per heavy atom. The number of hydrogen-bond acceptors (Lipinski definition) is 6. The Bertz CT molecular complexity index is 1060. The topological polar surface area (TPSA) is 65.7 Å². The van der Waals surface area contributed by atoms with Gasteiger partial charge >= 0.3 is 0 Å². The van der Waals surface area contributed by atoms with Crippen molar-refractivity contribution in [1.29, 1.82) is 0 Å². The molecule has 1 atom stereocenters. The summed E-state index contributed by atoms with van der Waals surface area (Å²) in [4.78, 5) is 24.5. The number of para-hydroxylation sites is 1. The third-order valence-corrected chi connectivity index (χ3v) is 6.70. The van der Waals surface area contributed by atoms with Crippen LogP contribution in [0.1, 0.15) is 24.3 Å². The average Bonchev–Trinajstić information content (AvgIpc) is 3.33. The number of aryl methyl sites for hydroxylation is 1. The molecular formula is C26H31N5O2. The van der Waals surface area contributed by atoms with Crippen LogP contribution in [0.4, 0.5) is 5.69 Å². The molecule has 0 saturated carbocycles. The Balaban J connectivity index is 1.15. The van der Waals surface area contributed by atoms with Gasteiger partial charge in [-0.3, -0.25) is 9.69 Å². The fraction of sp³-hybridized carbons (Fsp3) is 0.423. The number of rotatable bonds is 5. The van der Waals surface area contributed by atoms with E-state index in [-0.39, 0.29) is 5.92 Å². The van der Waals surface area contributed by atoms with Crippen LogP contribution in [-0.2, 0) is 11.3 Å². The van der Waals surface area contributed by atoms with Crippen LogP contribution in [0.3, 0.4) is 0 Å². The number of nitrogens with zero attached hydrogens (tertiary/aromatic N) is 5. The zero-order valence-electron chi connectivity index (χ0n) is 19.2. The number of piperidine rings is 1. The molecule has 7 heteroatoms. The smallest absolute Gasteiger partial charge is 0.241 e. The zero-order valence-corrected chi connectivity index (χ0v) is 19.2. The second-order valence-corrected chi connectivity index (χ2v) is 9.10. The summed E-state index contributed by atoms with van der Waals surface area (Å²) in [5, 5.41) is 4.15. The summed E-state index contributed by atoms with van der Waals surface area (Å²) in [5.41, 5.74) is 3.39. The van der Waals surface area contributed by atoms with Crippen molar-refractivity contribution in [3.05, 3.63) is 66.1 Å². The van der Waals surface area contributed by atoms with Gasteiger partial charge in [0.2, 0.25) is 17.6 Å². The van der Waals surface area contributed by atoms with E-state index >= 15 is 0 Å². The Labute approximate surface area is 195 Å². The van der Waals surface area contributed by atoms with Crippen molar-refractivity contribution >= 4 is 11.6 Å². The van der Waals surface area contributed by atoms with Crippen molar-refractivity contribution in [2.75, 3.05) is 44.2 Å². The molecule has 0 aliphatic carbocycles. The molecular weight excluding hydrogens is 414 g/mol. The number of benzene rings is 2. The van der Waals surface area contributed by atoms with Crippen LogP contribution in [0.15, 0.2) is 59.1 Å². The number of aromatic nitrogens is 2. The van der Waals surface area contributed by atoms with E-state index in [0.717, 1.165) is 57.7 Å². The SMILES string of the molecule is Cc1ccc(-c2noc(CN3CCCC(C(=O)N4CCN(c5ccccc5)CC4)C3)n2)cc1. The minimum Gasteiger partial charge on any atom is -0.368 e. The lowest BCUT2D eigenvalue weighted by atomic mass is 9.96. The lowest BCUT2D eigenvalue weighted by molar-refractivity contribution is -0.137. The van der Waals surface area contributed by atoms with E-state index in [9.17, 15) is 4.79 Å². The number of likely N-dealkylation sites (tertiary alicyclic amines) is 1. The van der Waals surface area contributed by atoms with Crippen LogP contribution in [-0.4, -0.2) is 65.1 Å². The molecule has 33 heavy (non-hydrogen) atoms. The minimum absolute atomic E-state index is 0.0431. The van der Waals surface area contributed by atoms with Crippen molar-refractivity contribution < 1.29 is 9.32 Å². The summed E-state index contributed by atoms with van der Waals surface area (Å²) in [6.45, 7) is 7.69. The first kappa shape index (κ1) is 21.6. The first-order chi connectivity index (χ1) is 16.2. The maximum atomic E-state index is 13.2. The Morgan fingerprint density at radius 3 is 2.52 bits per heavy atom. The van der Waals surface area contributed by atoms with Crippen molar-refractivity contribution in [2.24, 2.45) is 5.92 Å². The fourth-order valence-corrected chi connectivity index (χ4v) is 4.81. The van der Waals surface area contributed by atoms with Gasteiger partial charge in [0.15, 0.2) is 0 Å². The molecule has 7 nitrogen and oxygen atoms in total. The minimum atomic E-state index is 0.0431. The molecule has 2 aliphatic rings. The molecule has 2 saturated heterocycles. The van der Waals surface area contributed by atoms with Gasteiger partial charge in [0.1, 0.15) is 0 Å². The predicted molar refractivity (Wildman–Crippen MR) is 128 cm³/mol. The summed E-state index contributed by atoms with van der Waals surface area (Å²) in [7, 11) is 0. The van der Waals surface area contributed by atoms with E-state index in [2.05, 4.69) is 56.0 Å². The predicted octanol–water partition coefficient (Wildman–Crippen LogP) is 3.61. The number of amides is 1. The quantitative estimate of drug-likeness (QED) is 0.598. The molecule has 1 unspecified atom stereocenters. The molecule has 3 heterocycles. The van der Waals surface area contributed by atoms with Crippen LogP contribution in [0.25, 0.3) is 11.4 Å². The van der Waals surface area contributed by atoms with E-state index in [1.165, 1.54) is 11.3 Å². The molecule has 0 spiro atoms. The van der Waals surface area contributed by atoms with Crippen molar-refractivity contribution in [2.45, 2.75) is 26.3 Å². The fourth-order valence-electron chi connectivity index (χ4n) is 4.81. The highest BCUT2D eigenvalue weighted by Crippen LogP contribution is 2.23. The van der Waals surface area contributed by atoms with Gasteiger partial charge in [-0.1, -0.05) is 53.2 Å². The molecule has 1 amide bonds. The normalized spacial score (nSPS) is 19.6. The van der Waals surface area contributed by atoms with Gasteiger partial charge in [0.05, 0.1) is 12.5 Å². The molecule has 2 fully saturated rings. The molecule has 2 aliphatic heterocycles. The second kappa shape index (κ2) is 9.75. The van der Waals surface area contributed by atoms with Gasteiger partial charge in [-0.25, -0.2) is 0 Å². The monoisotopic (exact) mass is 445 g/mol. The number of hydrogen-bond donors (Lipinski definition) is 0. The first-order valence-corrected chi connectivity index (χ1v) is 11.9. The molecule has 3 aromatic rings. The van der Waals surface area contributed by atoms with Gasteiger partial charge in [-0.05, 0) is 38.4 Å². The maximum Gasteiger partial charge on any atom is 0.241 e. The third-order valence-electron chi connectivity index (χ3n) is 6.70. The number of carbonyl (C=O) groups is 1. The average molecular weight is 446 g/mol. The summed E-state index contributed by atoms with van der Waals surface area (Å²) in [5.74, 6) is 1.56. The first-order valence-electron chi connectivity index (χ1n) is 11.9. The van der Waals surface area contributed by atoms with E-state index in [0.29, 0.717) is 24.2 Å². The van der Waals surface area contributed by atoms with E-state index in [4.69, 9.17) is 4.52 Å². The highest BCUT2D eigenvalue weighted by molar-refractivity contribution is 5.79. The van der Waals surface area contributed by atoms with Crippen LogP contribution in [0.5, 0.6) is 0 Å². The lowest BCUT2D eigenvalue weighted by Gasteiger charge is -2.39. The Kier molecular flexibility index (Phi) is 6.39. The van der Waals surface area contributed by atoms with Gasteiger partial charge in [-0.2, -0.15) is 4.98 Å².